The fraction of sp³-hybridized carbons (Fsp3) is 0.333. The number of nitrogens with zero attached hydrogens (tertiary/aromatic N) is 1. The molecule has 19 heavy (non-hydrogen) atoms. The molecule has 0 saturated heterocycles. The Morgan fingerprint density at radius 2 is 2.11 bits per heavy atom. The topological polar surface area (TPSA) is 110 Å². The molecule has 1 unspecified atom stereocenters. The second-order valence-corrected chi connectivity index (χ2v) is 4.05. The summed E-state index contributed by atoms with van der Waals surface area (Å²) in [6.45, 7) is 3.29. The first-order chi connectivity index (χ1) is 8.86. The van der Waals surface area contributed by atoms with Crippen LogP contribution >= 0.6 is 0 Å². The Morgan fingerprint density at radius 1 is 1.47 bits per heavy atom. The maximum absolute atomic E-state index is 11.9. The van der Waals surface area contributed by atoms with Gasteiger partial charge in [0.05, 0.1) is 4.92 Å². The highest BCUT2D eigenvalue weighted by molar-refractivity contribution is 6.00. The first-order valence-corrected chi connectivity index (χ1v) is 5.65. The van der Waals surface area contributed by atoms with E-state index in [9.17, 15) is 19.7 Å². The number of carboxylic acid groups (broad SMARTS) is 1. The number of aryl methyl sites for hydroxylation is 1. The molecule has 7 nitrogen and oxygen atoms in total. The molecule has 0 spiro atoms. The van der Waals surface area contributed by atoms with Crippen molar-refractivity contribution < 1.29 is 19.6 Å². The van der Waals surface area contributed by atoms with Crippen LogP contribution in [-0.4, -0.2) is 27.9 Å². The predicted molar refractivity (Wildman–Crippen MR) is 67.0 cm³/mol. The monoisotopic (exact) mass is 266 g/mol. The molecule has 1 atom stereocenters. The van der Waals surface area contributed by atoms with E-state index in [1.54, 1.807) is 13.8 Å². The average Bonchev–Trinajstić information content (AvgIpc) is 2.34. The number of carbonyl (C=O) groups excluding carboxylic acids is 1. The van der Waals surface area contributed by atoms with E-state index >= 15 is 0 Å². The van der Waals surface area contributed by atoms with Gasteiger partial charge >= 0.3 is 5.97 Å². The van der Waals surface area contributed by atoms with Gasteiger partial charge in [0.2, 0.25) is 0 Å². The van der Waals surface area contributed by atoms with Crippen LogP contribution in [0.3, 0.4) is 0 Å². The second-order valence-electron chi connectivity index (χ2n) is 4.05. The average molecular weight is 266 g/mol. The SMILES string of the molecule is CCC(NC(=O)c1cc(C)ccc1[N+](=O)[O-])C(=O)O. The highest BCUT2D eigenvalue weighted by Crippen LogP contribution is 2.19. The van der Waals surface area contributed by atoms with E-state index in [4.69, 9.17) is 5.11 Å². The molecule has 1 rings (SSSR count). The Labute approximate surface area is 109 Å². The molecule has 2 N–H and O–H groups in total. The standard InChI is InChI=1S/C12H14N2O5/c1-3-9(12(16)17)13-11(15)8-6-7(2)4-5-10(8)14(18)19/h4-6,9H,3H2,1-2H3,(H,13,15)(H,16,17). The highest BCUT2D eigenvalue weighted by Gasteiger charge is 2.24. The zero-order valence-electron chi connectivity index (χ0n) is 10.5. The molecular formula is C12H14N2O5. The number of carbonyl (C=O) groups is 2. The van der Waals surface area contributed by atoms with Crippen LogP contribution in [0.15, 0.2) is 18.2 Å². The number of aliphatic carboxylic acids is 1. The van der Waals surface area contributed by atoms with Gasteiger partial charge in [0.1, 0.15) is 11.6 Å². The van der Waals surface area contributed by atoms with Crippen molar-refractivity contribution in [3.05, 3.63) is 39.4 Å². The zero-order chi connectivity index (χ0) is 14.6. The number of hydrogen-bond acceptors (Lipinski definition) is 4. The van der Waals surface area contributed by atoms with Gasteiger partial charge < -0.3 is 10.4 Å². The number of hydrogen-bond donors (Lipinski definition) is 2. The molecule has 0 aliphatic carbocycles. The lowest BCUT2D eigenvalue weighted by molar-refractivity contribution is -0.385. The van der Waals surface area contributed by atoms with Gasteiger partial charge in [-0.25, -0.2) is 4.79 Å². The summed E-state index contributed by atoms with van der Waals surface area (Å²) in [6, 6.07) is 3.05. The normalized spacial score (nSPS) is 11.7. The summed E-state index contributed by atoms with van der Waals surface area (Å²) in [7, 11) is 0. The number of amides is 1. The van der Waals surface area contributed by atoms with Crippen LogP contribution in [0, 0.1) is 17.0 Å². The van der Waals surface area contributed by atoms with E-state index in [1.165, 1.54) is 18.2 Å². The lowest BCUT2D eigenvalue weighted by Gasteiger charge is -2.12. The van der Waals surface area contributed by atoms with Gasteiger partial charge in [0.25, 0.3) is 11.6 Å². The van der Waals surface area contributed by atoms with E-state index in [0.717, 1.165) is 0 Å². The third-order valence-corrected chi connectivity index (χ3v) is 2.61. The van der Waals surface area contributed by atoms with Gasteiger partial charge in [-0.2, -0.15) is 0 Å². The molecule has 0 aliphatic rings. The number of nitrogens with one attached hydrogen (secondary N) is 1. The molecule has 0 aromatic heterocycles. The first-order valence-electron chi connectivity index (χ1n) is 5.65. The Balaban J connectivity index is 3.08. The number of rotatable bonds is 5. The molecule has 0 radical (unpaired) electrons. The largest absolute Gasteiger partial charge is 0.480 e. The number of carboxylic acids is 1. The molecular weight excluding hydrogens is 252 g/mol. The van der Waals surface area contributed by atoms with Crippen molar-refractivity contribution in [3.8, 4) is 0 Å². The van der Waals surface area contributed by atoms with E-state index in [-0.39, 0.29) is 17.7 Å². The van der Waals surface area contributed by atoms with Crippen LogP contribution in [0.2, 0.25) is 0 Å². The van der Waals surface area contributed by atoms with Gasteiger partial charge in [0, 0.05) is 6.07 Å². The van der Waals surface area contributed by atoms with Crippen molar-refractivity contribution in [3.63, 3.8) is 0 Å². The highest BCUT2D eigenvalue weighted by atomic mass is 16.6. The molecule has 0 aliphatic heterocycles. The maximum atomic E-state index is 11.9. The van der Waals surface area contributed by atoms with E-state index in [0.29, 0.717) is 5.56 Å². The van der Waals surface area contributed by atoms with Crippen molar-refractivity contribution in [1.29, 1.82) is 0 Å². The van der Waals surface area contributed by atoms with Crippen LogP contribution in [-0.2, 0) is 4.79 Å². The second kappa shape index (κ2) is 5.94. The molecule has 1 amide bonds. The van der Waals surface area contributed by atoms with Gasteiger partial charge in [-0.3, -0.25) is 14.9 Å². The lowest BCUT2D eigenvalue weighted by Crippen LogP contribution is -2.40. The molecule has 0 fully saturated rings. The van der Waals surface area contributed by atoms with Crippen LogP contribution < -0.4 is 5.32 Å². The van der Waals surface area contributed by atoms with Crippen LogP contribution in [0.1, 0.15) is 29.3 Å². The molecule has 7 heteroatoms. The van der Waals surface area contributed by atoms with E-state index in [2.05, 4.69) is 5.32 Å². The zero-order valence-corrected chi connectivity index (χ0v) is 10.5. The van der Waals surface area contributed by atoms with Crippen LogP contribution in [0.4, 0.5) is 5.69 Å². The summed E-state index contributed by atoms with van der Waals surface area (Å²) in [4.78, 5) is 32.9. The van der Waals surface area contributed by atoms with Gasteiger partial charge in [-0.15, -0.1) is 0 Å². The van der Waals surface area contributed by atoms with Crippen molar-refractivity contribution in [2.24, 2.45) is 0 Å². The van der Waals surface area contributed by atoms with Gasteiger partial charge in [0.15, 0.2) is 0 Å². The summed E-state index contributed by atoms with van der Waals surface area (Å²) >= 11 is 0. The number of benzene rings is 1. The Hall–Kier alpha value is -2.44. The summed E-state index contributed by atoms with van der Waals surface area (Å²) in [6.07, 6.45) is 0.195. The van der Waals surface area contributed by atoms with E-state index < -0.39 is 22.8 Å². The fourth-order valence-electron chi connectivity index (χ4n) is 1.57. The summed E-state index contributed by atoms with van der Waals surface area (Å²) < 4.78 is 0. The molecule has 102 valence electrons. The molecule has 0 bridgehead atoms. The predicted octanol–water partition coefficient (Wildman–Crippen LogP) is 1.50. The van der Waals surface area contributed by atoms with E-state index in [1.807, 2.05) is 0 Å². The lowest BCUT2D eigenvalue weighted by atomic mass is 10.1. The summed E-state index contributed by atoms with van der Waals surface area (Å²) in [5, 5.41) is 22.0. The summed E-state index contributed by atoms with van der Waals surface area (Å²) in [5.74, 6) is -1.93. The Kier molecular flexibility index (Phi) is 4.57. The molecule has 1 aromatic carbocycles. The van der Waals surface area contributed by atoms with Crippen molar-refractivity contribution in [2.75, 3.05) is 0 Å². The molecule has 0 heterocycles. The Bertz CT molecular complexity index is 527. The minimum atomic E-state index is -1.17. The van der Waals surface area contributed by atoms with Crippen molar-refractivity contribution >= 4 is 17.6 Å². The van der Waals surface area contributed by atoms with Gasteiger partial charge in [-0.05, 0) is 25.0 Å². The maximum Gasteiger partial charge on any atom is 0.326 e. The van der Waals surface area contributed by atoms with Crippen molar-refractivity contribution in [1.82, 2.24) is 5.32 Å². The minimum absolute atomic E-state index is 0.135. The molecule has 0 saturated carbocycles. The number of nitro groups is 1. The third kappa shape index (κ3) is 3.51. The molecule has 1 aromatic rings. The quantitative estimate of drug-likeness (QED) is 0.619. The summed E-state index contributed by atoms with van der Waals surface area (Å²) in [5.41, 5.74) is 0.201. The van der Waals surface area contributed by atoms with Gasteiger partial charge in [-0.1, -0.05) is 13.0 Å². The smallest absolute Gasteiger partial charge is 0.326 e. The number of nitro benzene ring substituents is 1. The third-order valence-electron chi connectivity index (χ3n) is 2.61. The van der Waals surface area contributed by atoms with Crippen molar-refractivity contribution in [2.45, 2.75) is 26.3 Å². The Morgan fingerprint density at radius 3 is 2.58 bits per heavy atom. The van der Waals surface area contributed by atoms with Crippen LogP contribution in [0.5, 0.6) is 0 Å². The fourth-order valence-corrected chi connectivity index (χ4v) is 1.57. The van der Waals surface area contributed by atoms with Crippen LogP contribution in [0.25, 0.3) is 0 Å². The first kappa shape index (κ1) is 14.6. The minimum Gasteiger partial charge on any atom is -0.480 e.